The maximum Gasteiger partial charge on any atom is 0.266 e. The van der Waals surface area contributed by atoms with Gasteiger partial charge in [-0.05, 0) is 67.8 Å². The van der Waals surface area contributed by atoms with Crippen molar-refractivity contribution in [2.75, 3.05) is 0 Å². The minimum Gasteiger partial charge on any atom is -0.268 e. The number of para-hydroxylation sites is 1. The van der Waals surface area contributed by atoms with Crippen molar-refractivity contribution < 1.29 is 4.39 Å². The molecule has 0 spiro atoms. The number of hydrogen-bond acceptors (Lipinski definition) is 3. The van der Waals surface area contributed by atoms with Gasteiger partial charge in [-0.2, -0.15) is 0 Å². The largest absolute Gasteiger partial charge is 0.268 e. The molecule has 146 valence electrons. The molecule has 0 radical (unpaired) electrons. The molecule has 1 atom stereocenters. The van der Waals surface area contributed by atoms with Gasteiger partial charge < -0.3 is 0 Å². The Morgan fingerprint density at radius 2 is 1.72 bits per heavy atom. The van der Waals surface area contributed by atoms with Crippen molar-refractivity contribution in [2.24, 2.45) is 0 Å². The number of aromatic nitrogens is 2. The predicted octanol–water partition coefficient (Wildman–Crippen LogP) is 5.99. The van der Waals surface area contributed by atoms with Crippen molar-refractivity contribution >= 4 is 22.7 Å². The Morgan fingerprint density at radius 3 is 2.48 bits per heavy atom. The second-order valence-electron chi connectivity index (χ2n) is 7.15. The number of thioether (sulfide) groups is 1. The van der Waals surface area contributed by atoms with E-state index in [4.69, 9.17) is 4.98 Å². The highest BCUT2D eigenvalue weighted by Gasteiger charge is 2.18. The van der Waals surface area contributed by atoms with Gasteiger partial charge in [0.25, 0.3) is 5.56 Å². The zero-order chi connectivity index (χ0) is 20.5. The van der Waals surface area contributed by atoms with Crippen LogP contribution < -0.4 is 5.56 Å². The van der Waals surface area contributed by atoms with Crippen molar-refractivity contribution in [1.82, 2.24) is 9.55 Å². The third-order valence-corrected chi connectivity index (χ3v) is 6.08. The van der Waals surface area contributed by atoms with E-state index in [2.05, 4.69) is 0 Å². The van der Waals surface area contributed by atoms with Crippen molar-refractivity contribution in [3.8, 4) is 5.69 Å². The van der Waals surface area contributed by atoms with Crippen LogP contribution in [0.1, 0.15) is 28.9 Å². The summed E-state index contributed by atoms with van der Waals surface area (Å²) in [5.41, 5.74) is 4.48. The lowest BCUT2D eigenvalue weighted by Crippen LogP contribution is -2.22. The smallest absolute Gasteiger partial charge is 0.266 e. The molecule has 0 fully saturated rings. The molecule has 0 aliphatic carbocycles. The fourth-order valence-corrected chi connectivity index (χ4v) is 4.37. The van der Waals surface area contributed by atoms with Crippen molar-refractivity contribution in [3.63, 3.8) is 0 Å². The first-order valence-corrected chi connectivity index (χ1v) is 10.3. The number of hydrogen-bond donors (Lipinski definition) is 0. The van der Waals surface area contributed by atoms with Crippen LogP contribution in [0.2, 0.25) is 0 Å². The zero-order valence-electron chi connectivity index (χ0n) is 16.5. The van der Waals surface area contributed by atoms with Gasteiger partial charge in [-0.15, -0.1) is 0 Å². The molecular weight excluding hydrogens is 383 g/mol. The fourth-order valence-electron chi connectivity index (χ4n) is 3.32. The maximum atomic E-state index is 13.4. The molecule has 0 aliphatic rings. The Hall–Kier alpha value is -2.92. The average molecular weight is 405 g/mol. The zero-order valence-corrected chi connectivity index (χ0v) is 17.3. The van der Waals surface area contributed by atoms with Gasteiger partial charge in [0.15, 0.2) is 5.16 Å². The molecule has 0 aliphatic heterocycles. The molecule has 29 heavy (non-hydrogen) atoms. The first kappa shape index (κ1) is 19.4. The van der Waals surface area contributed by atoms with E-state index in [1.54, 1.807) is 16.7 Å². The molecule has 4 rings (SSSR count). The van der Waals surface area contributed by atoms with Crippen LogP contribution in [0.5, 0.6) is 0 Å². The lowest BCUT2D eigenvalue weighted by atomic mass is 10.1. The van der Waals surface area contributed by atoms with Crippen molar-refractivity contribution in [3.05, 3.63) is 99.6 Å². The highest BCUT2D eigenvalue weighted by molar-refractivity contribution is 7.99. The number of benzene rings is 3. The molecule has 3 aromatic carbocycles. The molecule has 0 bridgehead atoms. The first-order valence-electron chi connectivity index (χ1n) is 9.45. The molecule has 0 saturated heterocycles. The van der Waals surface area contributed by atoms with Crippen molar-refractivity contribution in [1.29, 1.82) is 0 Å². The van der Waals surface area contributed by atoms with E-state index in [0.29, 0.717) is 16.1 Å². The number of fused-ring (bicyclic) bond motifs is 1. The predicted molar refractivity (Wildman–Crippen MR) is 117 cm³/mol. The Labute approximate surface area is 173 Å². The van der Waals surface area contributed by atoms with E-state index in [1.165, 1.54) is 23.9 Å². The van der Waals surface area contributed by atoms with Gasteiger partial charge in [0.1, 0.15) is 5.82 Å². The number of nitrogens with zero attached hydrogens (tertiary/aromatic N) is 2. The molecule has 1 aromatic heterocycles. The van der Waals surface area contributed by atoms with Gasteiger partial charge in [0, 0.05) is 5.25 Å². The minimum atomic E-state index is -0.262. The van der Waals surface area contributed by atoms with E-state index >= 15 is 0 Å². The molecule has 3 nitrogen and oxygen atoms in total. The van der Waals surface area contributed by atoms with Crippen LogP contribution in [0.4, 0.5) is 4.39 Å². The molecule has 4 aromatic rings. The SMILES string of the molecule is Cc1ccc(C)c(-n2c(S[C@H](C)c3ccc(F)cc3)nc3ccccc3c2=O)c1. The third-order valence-electron chi connectivity index (χ3n) is 4.97. The topological polar surface area (TPSA) is 34.9 Å². The summed E-state index contributed by atoms with van der Waals surface area (Å²) in [5.74, 6) is -0.262. The lowest BCUT2D eigenvalue weighted by molar-refractivity contribution is 0.627. The van der Waals surface area contributed by atoms with Crippen LogP contribution in [0, 0.1) is 19.7 Å². The minimum absolute atomic E-state index is 0.0000255. The van der Waals surface area contributed by atoms with E-state index in [1.807, 2.05) is 63.2 Å². The first-order chi connectivity index (χ1) is 13.9. The molecule has 5 heteroatoms. The summed E-state index contributed by atoms with van der Waals surface area (Å²) in [5, 5.41) is 1.21. The summed E-state index contributed by atoms with van der Waals surface area (Å²) in [7, 11) is 0. The van der Waals surface area contributed by atoms with Crippen LogP contribution in [-0.4, -0.2) is 9.55 Å². The highest BCUT2D eigenvalue weighted by atomic mass is 32.2. The summed E-state index contributed by atoms with van der Waals surface area (Å²) < 4.78 is 15.0. The Balaban J connectivity index is 1.91. The summed E-state index contributed by atoms with van der Waals surface area (Å²) in [6.07, 6.45) is 0. The maximum absolute atomic E-state index is 13.4. The Bertz CT molecular complexity index is 1250. The molecule has 0 amide bonds. The van der Waals surface area contributed by atoms with Gasteiger partial charge in [-0.1, -0.05) is 48.2 Å². The Kier molecular flexibility index (Phi) is 5.24. The van der Waals surface area contributed by atoms with E-state index in [-0.39, 0.29) is 16.6 Å². The molecule has 0 saturated carbocycles. The molecular formula is C24H21FN2OS. The van der Waals surface area contributed by atoms with Crippen molar-refractivity contribution in [2.45, 2.75) is 31.2 Å². The average Bonchev–Trinajstić information content (AvgIpc) is 2.71. The molecule has 0 unspecified atom stereocenters. The summed E-state index contributed by atoms with van der Waals surface area (Å²) in [6.45, 7) is 6.04. The van der Waals surface area contributed by atoms with Crippen LogP contribution >= 0.6 is 11.8 Å². The van der Waals surface area contributed by atoms with Crippen LogP contribution in [0.3, 0.4) is 0 Å². The van der Waals surface area contributed by atoms with Gasteiger partial charge in [0.2, 0.25) is 0 Å². The van der Waals surface area contributed by atoms with Gasteiger partial charge >= 0.3 is 0 Å². The number of rotatable bonds is 4. The summed E-state index contributed by atoms with van der Waals surface area (Å²) in [4.78, 5) is 18.3. The standard InChI is InChI=1S/C24H21FN2OS/c1-15-8-9-16(2)22(14-15)27-23(28)20-6-4-5-7-21(20)26-24(27)29-17(3)18-10-12-19(25)13-11-18/h4-14,17H,1-3H3/t17-/m1/s1. The summed E-state index contributed by atoms with van der Waals surface area (Å²) >= 11 is 1.50. The second kappa shape index (κ2) is 7.84. The van der Waals surface area contributed by atoms with Crippen LogP contribution in [0.25, 0.3) is 16.6 Å². The highest BCUT2D eigenvalue weighted by Crippen LogP contribution is 2.35. The van der Waals surface area contributed by atoms with Gasteiger partial charge in [-0.3, -0.25) is 9.36 Å². The van der Waals surface area contributed by atoms with Gasteiger partial charge in [0.05, 0.1) is 16.6 Å². The quantitative estimate of drug-likeness (QED) is 0.309. The monoisotopic (exact) mass is 404 g/mol. The normalized spacial score (nSPS) is 12.3. The summed E-state index contributed by atoms with van der Waals surface area (Å²) in [6, 6.07) is 19.9. The van der Waals surface area contributed by atoms with Crippen LogP contribution in [0.15, 0.2) is 76.7 Å². The van der Waals surface area contributed by atoms with E-state index in [9.17, 15) is 9.18 Å². The van der Waals surface area contributed by atoms with E-state index in [0.717, 1.165) is 22.4 Å². The molecule has 1 heterocycles. The third kappa shape index (κ3) is 3.83. The number of halogens is 1. The Morgan fingerprint density at radius 1 is 1.00 bits per heavy atom. The number of aryl methyl sites for hydroxylation is 2. The lowest BCUT2D eigenvalue weighted by Gasteiger charge is -2.18. The second-order valence-corrected chi connectivity index (χ2v) is 8.46. The van der Waals surface area contributed by atoms with E-state index < -0.39 is 0 Å². The van der Waals surface area contributed by atoms with Crippen LogP contribution in [-0.2, 0) is 0 Å². The fraction of sp³-hybridized carbons (Fsp3) is 0.167. The molecule has 0 N–H and O–H groups in total. The van der Waals surface area contributed by atoms with Gasteiger partial charge in [-0.25, -0.2) is 9.37 Å².